The minimum absolute atomic E-state index is 0.0261. The van der Waals surface area contributed by atoms with Crippen LogP contribution in [0.15, 0.2) is 62.2 Å². The predicted molar refractivity (Wildman–Crippen MR) is 197 cm³/mol. The molecule has 8 atom stereocenters. The van der Waals surface area contributed by atoms with Crippen LogP contribution in [0.2, 0.25) is 0 Å². The van der Waals surface area contributed by atoms with Gasteiger partial charge in [-0.1, -0.05) is 36.9 Å². The van der Waals surface area contributed by atoms with Crippen LogP contribution in [0.3, 0.4) is 0 Å². The Hall–Kier alpha value is -4.00. The topological polar surface area (TPSA) is 149 Å². The highest BCUT2D eigenvalue weighted by Crippen LogP contribution is 2.66. The number of aliphatic hydroxyl groups is 3. The zero-order valence-electron chi connectivity index (χ0n) is 30.4. The van der Waals surface area contributed by atoms with Crippen LogP contribution in [0.4, 0.5) is 0 Å². The molecule has 53 heavy (non-hydrogen) atoms. The number of carbonyl (C=O) groups excluding carboxylic acids is 2. The molecular weight excluding hydrogens is 676 g/mol. The molecule has 8 aliphatic rings. The molecule has 11 heteroatoms. The fraction of sp³-hybridized carbons (Fsp3) is 0.524. The molecule has 2 aromatic carbocycles. The van der Waals surface area contributed by atoms with E-state index in [1.54, 1.807) is 12.1 Å². The highest BCUT2D eigenvalue weighted by atomic mass is 16.5. The Morgan fingerprint density at radius 1 is 0.755 bits per heavy atom. The molecule has 4 bridgehead atoms. The SMILES string of the molecule is C=CCN1CC[C@]23c4c5ccc(O)c4O[C@H]2C(=O)CC[C@@]3(O)[C@H]1C5.C=CCOc1ccc2c3c1O[C@H]1C(=O)CC[C@@]4(O)[C@@H](C2)N(CC=C)CC[C@]314.CO. The maximum absolute atomic E-state index is 12.9. The predicted octanol–water partition coefficient (Wildman–Crippen LogP) is 3.07. The molecule has 2 saturated heterocycles. The Balaban J connectivity index is 0.000000145. The number of ketones is 2. The lowest BCUT2D eigenvalue weighted by Crippen LogP contribution is -2.76. The van der Waals surface area contributed by atoms with Gasteiger partial charge < -0.3 is 34.6 Å². The summed E-state index contributed by atoms with van der Waals surface area (Å²) in [5, 5.41) is 41.1. The Morgan fingerprint density at radius 3 is 1.75 bits per heavy atom. The number of likely N-dealkylation sites (tertiary alicyclic amines) is 2. The molecule has 4 aliphatic carbocycles. The van der Waals surface area contributed by atoms with Gasteiger partial charge in [-0.2, -0.15) is 0 Å². The smallest absolute Gasteiger partial charge is 0.174 e. The number of carbonyl (C=O) groups is 2. The van der Waals surface area contributed by atoms with E-state index < -0.39 is 34.2 Å². The molecule has 10 rings (SSSR count). The third kappa shape index (κ3) is 4.51. The summed E-state index contributed by atoms with van der Waals surface area (Å²) < 4.78 is 18.1. The second-order valence-corrected chi connectivity index (χ2v) is 15.7. The van der Waals surface area contributed by atoms with Crippen molar-refractivity contribution in [1.82, 2.24) is 9.80 Å². The third-order valence-corrected chi connectivity index (χ3v) is 13.8. The lowest BCUT2D eigenvalue weighted by atomic mass is 9.49. The van der Waals surface area contributed by atoms with Gasteiger partial charge in [-0.15, -0.1) is 13.2 Å². The number of Topliss-reactive ketones (excluding diaryl/α,β-unsaturated/α-hetero) is 2. The fourth-order valence-corrected chi connectivity index (χ4v) is 11.8. The van der Waals surface area contributed by atoms with Crippen molar-refractivity contribution in [2.75, 3.05) is 39.9 Å². The minimum Gasteiger partial charge on any atom is -0.504 e. The number of ether oxygens (including phenoxy) is 3. The van der Waals surface area contributed by atoms with E-state index in [4.69, 9.17) is 19.3 Å². The molecule has 4 aliphatic heterocycles. The first-order chi connectivity index (χ1) is 25.6. The standard InChI is InChI=1S/C22H25NO4.C19H21NO4.CH4O/c1-3-10-23-11-9-21-18-14-5-6-16(26-12-4-2)19(18)27-20(21)15(24)7-8-22(21,25)17(23)13-14;1-2-8-20-9-7-18-15-11-3-4-12(21)16(15)24-17(18)13(22)5-6-19(18,23)14(20)10-11;1-2/h3-6,17,20,25H,1-2,7-13H2;2-4,14,17,21,23H,1,5-10H2;2H,1H3/t17-,20+,21+,22-;14-,17+,18+,19-;/m11./s1. The summed E-state index contributed by atoms with van der Waals surface area (Å²) in [4.78, 5) is 30.1. The molecule has 2 aromatic rings. The van der Waals surface area contributed by atoms with Crippen molar-refractivity contribution in [3.05, 3.63) is 84.5 Å². The van der Waals surface area contributed by atoms with Crippen molar-refractivity contribution in [3.8, 4) is 23.0 Å². The van der Waals surface area contributed by atoms with Crippen molar-refractivity contribution in [2.45, 2.75) is 97.7 Å². The van der Waals surface area contributed by atoms with E-state index in [2.05, 4.69) is 35.6 Å². The fourth-order valence-electron chi connectivity index (χ4n) is 11.8. The molecule has 0 radical (unpaired) electrons. The van der Waals surface area contributed by atoms with E-state index in [1.807, 2.05) is 24.3 Å². The van der Waals surface area contributed by atoms with Gasteiger partial charge in [0.05, 0.1) is 22.0 Å². The molecule has 2 spiro atoms. The third-order valence-electron chi connectivity index (χ3n) is 13.8. The summed E-state index contributed by atoms with van der Waals surface area (Å²) in [6, 6.07) is 7.49. The van der Waals surface area contributed by atoms with Crippen LogP contribution in [0.25, 0.3) is 0 Å². The molecule has 0 aromatic heterocycles. The van der Waals surface area contributed by atoms with Crippen molar-refractivity contribution in [3.63, 3.8) is 0 Å². The molecule has 2 saturated carbocycles. The van der Waals surface area contributed by atoms with Gasteiger partial charge in [-0.3, -0.25) is 19.4 Å². The molecule has 0 amide bonds. The summed E-state index contributed by atoms with van der Waals surface area (Å²) in [6.45, 7) is 14.9. The van der Waals surface area contributed by atoms with Crippen LogP contribution in [0, 0.1) is 0 Å². The van der Waals surface area contributed by atoms with Gasteiger partial charge in [0.2, 0.25) is 0 Å². The van der Waals surface area contributed by atoms with Crippen LogP contribution in [0.5, 0.6) is 23.0 Å². The average molecular weight is 727 g/mol. The molecule has 11 nitrogen and oxygen atoms in total. The lowest BCUT2D eigenvalue weighted by Gasteiger charge is -2.62. The molecule has 4 fully saturated rings. The van der Waals surface area contributed by atoms with E-state index in [1.165, 1.54) is 0 Å². The molecule has 0 unspecified atom stereocenters. The number of rotatable bonds is 7. The van der Waals surface area contributed by atoms with Crippen LogP contribution in [-0.4, -0.2) is 117 Å². The first-order valence-corrected chi connectivity index (χ1v) is 18.8. The monoisotopic (exact) mass is 726 g/mol. The van der Waals surface area contributed by atoms with Gasteiger partial charge in [0.1, 0.15) is 6.61 Å². The van der Waals surface area contributed by atoms with Crippen LogP contribution < -0.4 is 14.2 Å². The van der Waals surface area contributed by atoms with Crippen molar-refractivity contribution >= 4 is 11.6 Å². The highest BCUT2D eigenvalue weighted by Gasteiger charge is 2.74. The number of benzene rings is 2. The Labute approximate surface area is 310 Å². The Kier molecular flexibility index (Phi) is 8.70. The first kappa shape index (κ1) is 36.0. The molecule has 282 valence electrons. The van der Waals surface area contributed by atoms with Gasteiger partial charge in [0, 0.05) is 69.3 Å². The van der Waals surface area contributed by atoms with E-state index in [9.17, 15) is 24.9 Å². The quantitative estimate of drug-likeness (QED) is 0.312. The Bertz CT molecular complexity index is 1900. The Morgan fingerprint density at radius 2 is 1.25 bits per heavy atom. The van der Waals surface area contributed by atoms with Gasteiger partial charge in [-0.25, -0.2) is 0 Å². The van der Waals surface area contributed by atoms with Crippen LogP contribution >= 0.6 is 0 Å². The van der Waals surface area contributed by atoms with Gasteiger partial charge in [-0.05, 0) is 61.8 Å². The van der Waals surface area contributed by atoms with Gasteiger partial charge in [0.25, 0.3) is 0 Å². The van der Waals surface area contributed by atoms with Gasteiger partial charge >= 0.3 is 0 Å². The molecule has 4 heterocycles. The average Bonchev–Trinajstić information content (AvgIpc) is 3.71. The summed E-state index contributed by atoms with van der Waals surface area (Å²) in [6.07, 6.45) is 8.61. The van der Waals surface area contributed by atoms with Crippen LogP contribution in [0.1, 0.15) is 60.8 Å². The first-order valence-electron chi connectivity index (χ1n) is 18.8. The second-order valence-electron chi connectivity index (χ2n) is 15.7. The van der Waals surface area contributed by atoms with E-state index >= 15 is 0 Å². The molecular formula is C42H50N2O9. The second kappa shape index (κ2) is 12.8. The highest BCUT2D eigenvalue weighted by molar-refractivity contribution is 5.91. The van der Waals surface area contributed by atoms with Crippen molar-refractivity contribution < 1.29 is 44.2 Å². The summed E-state index contributed by atoms with van der Waals surface area (Å²) >= 11 is 0. The molecule has 4 N–H and O–H groups in total. The summed E-state index contributed by atoms with van der Waals surface area (Å²) in [7, 11) is 1.00. The summed E-state index contributed by atoms with van der Waals surface area (Å²) in [5.41, 5.74) is 0.797. The maximum atomic E-state index is 12.9. The van der Waals surface area contributed by atoms with E-state index in [0.29, 0.717) is 68.8 Å². The number of aliphatic hydroxyl groups excluding tert-OH is 1. The largest absolute Gasteiger partial charge is 0.504 e. The van der Waals surface area contributed by atoms with E-state index in [0.717, 1.165) is 62.0 Å². The lowest BCUT2D eigenvalue weighted by molar-refractivity contribution is -0.187. The number of nitrogens with zero attached hydrogens (tertiary/aromatic N) is 2. The van der Waals surface area contributed by atoms with Crippen LogP contribution in [-0.2, 0) is 33.3 Å². The zero-order chi connectivity index (χ0) is 37.5. The number of phenols is 1. The number of hydrogen-bond acceptors (Lipinski definition) is 11. The normalized spacial score (nSPS) is 36.2. The van der Waals surface area contributed by atoms with Crippen molar-refractivity contribution in [1.29, 1.82) is 0 Å². The number of hydrogen-bond donors (Lipinski definition) is 4. The van der Waals surface area contributed by atoms with E-state index in [-0.39, 0.29) is 29.4 Å². The summed E-state index contributed by atoms with van der Waals surface area (Å²) in [5.74, 6) is 1.91. The number of aromatic hydroxyl groups is 1. The minimum atomic E-state index is -1.00. The maximum Gasteiger partial charge on any atom is 0.174 e. The van der Waals surface area contributed by atoms with Gasteiger partial charge in [0.15, 0.2) is 46.8 Å². The van der Waals surface area contributed by atoms with Crippen molar-refractivity contribution in [2.24, 2.45) is 0 Å². The number of phenolic OH excluding ortho intramolecular Hbond substituents is 1. The zero-order valence-corrected chi connectivity index (χ0v) is 30.4. The number of piperidine rings is 2.